The Kier molecular flexibility index (Phi) is 5.92. The summed E-state index contributed by atoms with van der Waals surface area (Å²) in [5, 5.41) is 10.6. The highest BCUT2D eigenvalue weighted by Crippen LogP contribution is 2.35. The second kappa shape index (κ2) is 9.01. The lowest BCUT2D eigenvalue weighted by Gasteiger charge is -2.49. The van der Waals surface area contributed by atoms with Crippen molar-refractivity contribution in [1.29, 1.82) is 5.26 Å². The van der Waals surface area contributed by atoms with E-state index in [0.29, 0.717) is 24.3 Å². The molecule has 2 aliphatic rings. The zero-order valence-corrected chi connectivity index (χ0v) is 19.7. The summed E-state index contributed by atoms with van der Waals surface area (Å²) in [6, 6.07) is 17.8. The molecule has 170 valence electrons. The van der Waals surface area contributed by atoms with E-state index in [2.05, 4.69) is 77.1 Å². The molecule has 6 nitrogen and oxygen atoms in total. The van der Waals surface area contributed by atoms with Gasteiger partial charge in [-0.25, -0.2) is 0 Å². The second-order valence-electron chi connectivity index (χ2n) is 9.51. The molecule has 2 atom stereocenters. The number of rotatable bonds is 5. The van der Waals surface area contributed by atoms with Gasteiger partial charge in [-0.3, -0.25) is 9.88 Å². The van der Waals surface area contributed by atoms with Crippen LogP contribution < -0.4 is 9.64 Å². The molecule has 33 heavy (non-hydrogen) atoms. The number of anilines is 1. The molecule has 3 aromatic rings. The molecule has 6 heteroatoms. The van der Waals surface area contributed by atoms with Crippen LogP contribution in [0, 0.1) is 11.3 Å². The fourth-order valence-electron chi connectivity index (χ4n) is 5.24. The number of likely N-dealkylation sites (N-methyl/N-ethyl adjacent to an activating group) is 1. The largest absolute Gasteiger partial charge is 0.492 e. The maximum absolute atomic E-state index is 9.51. The summed E-state index contributed by atoms with van der Waals surface area (Å²) in [6.07, 6.45) is 2.79. The second-order valence-corrected chi connectivity index (χ2v) is 9.51. The first kappa shape index (κ1) is 21.7. The number of pyridine rings is 1. The maximum Gasteiger partial charge on any atom is 0.119 e. The summed E-state index contributed by atoms with van der Waals surface area (Å²) in [5.41, 5.74) is 5.42. The smallest absolute Gasteiger partial charge is 0.119 e. The van der Waals surface area contributed by atoms with Crippen molar-refractivity contribution in [2.45, 2.75) is 32.0 Å². The molecule has 1 fully saturated rings. The molecule has 0 N–H and O–H groups in total. The van der Waals surface area contributed by atoms with Crippen molar-refractivity contribution in [2.24, 2.45) is 0 Å². The Balaban J connectivity index is 1.39. The zero-order valence-electron chi connectivity index (χ0n) is 19.7. The number of aromatic nitrogens is 1. The lowest BCUT2D eigenvalue weighted by molar-refractivity contribution is 0.101. The van der Waals surface area contributed by atoms with Crippen LogP contribution in [0.5, 0.6) is 5.75 Å². The van der Waals surface area contributed by atoms with Gasteiger partial charge in [0.15, 0.2) is 0 Å². The number of piperazine rings is 1. The van der Waals surface area contributed by atoms with Gasteiger partial charge in [-0.15, -0.1) is 0 Å². The fraction of sp³-hybridized carbons (Fsp3) is 0.407. The molecular weight excluding hydrogens is 410 g/mol. The van der Waals surface area contributed by atoms with Crippen molar-refractivity contribution < 1.29 is 4.74 Å². The number of nitriles is 1. The quantitative estimate of drug-likeness (QED) is 0.602. The Morgan fingerprint density at radius 3 is 2.85 bits per heavy atom. The van der Waals surface area contributed by atoms with Gasteiger partial charge >= 0.3 is 0 Å². The van der Waals surface area contributed by atoms with Crippen LogP contribution in [0.2, 0.25) is 0 Å². The van der Waals surface area contributed by atoms with Crippen molar-refractivity contribution in [2.75, 3.05) is 45.2 Å². The van der Waals surface area contributed by atoms with E-state index in [0.717, 1.165) is 49.3 Å². The Morgan fingerprint density at radius 2 is 2.03 bits per heavy atom. The minimum atomic E-state index is 0.440. The van der Waals surface area contributed by atoms with Crippen LogP contribution >= 0.6 is 0 Å². The topological polar surface area (TPSA) is 55.6 Å². The average molecular weight is 442 g/mol. The molecule has 0 saturated carbocycles. The molecule has 1 saturated heterocycles. The van der Waals surface area contributed by atoms with E-state index < -0.39 is 0 Å². The fourth-order valence-corrected chi connectivity index (χ4v) is 5.24. The molecule has 0 amide bonds. The number of ether oxygens (including phenoxy) is 1. The SMILES string of the molecule is C[C@@H]1CN(c2ccc(C#N)c3ncccc23)C[C@@H]2Cc3cc(OCCN(C)C)ccc3CN21. The standard InChI is InChI=1S/C27H31N5O/c1-19-16-31(26-9-7-20(15-28)27-25(26)5-4-10-29-27)18-23-13-22-14-24(33-12-11-30(2)3)8-6-21(22)17-32(19)23/h4-10,14,19,23H,11-13,16-18H2,1-3H3/t19-,23+/m1/s1. The van der Waals surface area contributed by atoms with Gasteiger partial charge in [-0.1, -0.05) is 6.07 Å². The molecule has 0 bridgehead atoms. The molecule has 2 aromatic carbocycles. The van der Waals surface area contributed by atoms with Gasteiger partial charge in [-0.05, 0) is 75.0 Å². The minimum absolute atomic E-state index is 0.440. The van der Waals surface area contributed by atoms with E-state index in [-0.39, 0.29) is 0 Å². The number of hydrogen-bond acceptors (Lipinski definition) is 6. The van der Waals surface area contributed by atoms with Crippen LogP contribution in [0.15, 0.2) is 48.7 Å². The average Bonchev–Trinajstić information content (AvgIpc) is 2.82. The number of fused-ring (bicyclic) bond motifs is 3. The molecular formula is C27H31N5O. The van der Waals surface area contributed by atoms with Gasteiger partial charge in [0, 0.05) is 55.5 Å². The summed E-state index contributed by atoms with van der Waals surface area (Å²) in [4.78, 5) is 11.8. The molecule has 5 rings (SSSR count). The van der Waals surface area contributed by atoms with E-state index in [1.807, 2.05) is 12.1 Å². The molecule has 0 radical (unpaired) electrons. The van der Waals surface area contributed by atoms with Gasteiger partial charge in [0.05, 0.1) is 11.1 Å². The van der Waals surface area contributed by atoms with Gasteiger partial charge in [0.25, 0.3) is 0 Å². The number of nitrogens with zero attached hydrogens (tertiary/aromatic N) is 5. The first-order valence-electron chi connectivity index (χ1n) is 11.7. The summed E-state index contributed by atoms with van der Waals surface area (Å²) < 4.78 is 6.00. The highest BCUT2D eigenvalue weighted by molar-refractivity contribution is 5.95. The van der Waals surface area contributed by atoms with Crippen molar-refractivity contribution in [3.8, 4) is 11.8 Å². The number of hydrogen-bond donors (Lipinski definition) is 0. The van der Waals surface area contributed by atoms with E-state index in [1.54, 1.807) is 6.20 Å². The summed E-state index contributed by atoms with van der Waals surface area (Å²) in [6.45, 7) is 6.85. The summed E-state index contributed by atoms with van der Waals surface area (Å²) in [7, 11) is 4.13. The first-order chi connectivity index (χ1) is 16.0. The van der Waals surface area contributed by atoms with Gasteiger partial charge in [0.2, 0.25) is 0 Å². The van der Waals surface area contributed by atoms with Crippen LogP contribution in [0.4, 0.5) is 5.69 Å². The molecule has 0 aliphatic carbocycles. The third-order valence-corrected chi connectivity index (χ3v) is 6.95. The van der Waals surface area contributed by atoms with E-state index in [9.17, 15) is 5.26 Å². The molecule has 1 aromatic heterocycles. The van der Waals surface area contributed by atoms with Crippen LogP contribution in [0.25, 0.3) is 10.9 Å². The Hall–Kier alpha value is -3.14. The Bertz CT molecular complexity index is 1200. The van der Waals surface area contributed by atoms with Crippen molar-refractivity contribution in [3.05, 3.63) is 65.4 Å². The van der Waals surface area contributed by atoms with Crippen LogP contribution in [-0.2, 0) is 13.0 Å². The molecule has 0 spiro atoms. The Morgan fingerprint density at radius 1 is 1.15 bits per heavy atom. The highest BCUT2D eigenvalue weighted by Gasteiger charge is 2.36. The molecule has 2 aliphatic heterocycles. The summed E-state index contributed by atoms with van der Waals surface area (Å²) >= 11 is 0. The van der Waals surface area contributed by atoms with Crippen LogP contribution in [0.1, 0.15) is 23.6 Å². The normalized spacial score (nSPS) is 20.4. The first-order valence-corrected chi connectivity index (χ1v) is 11.7. The summed E-state index contributed by atoms with van der Waals surface area (Å²) in [5.74, 6) is 0.967. The van der Waals surface area contributed by atoms with Gasteiger partial charge in [0.1, 0.15) is 18.4 Å². The predicted molar refractivity (Wildman–Crippen MR) is 132 cm³/mol. The van der Waals surface area contributed by atoms with Crippen molar-refractivity contribution in [3.63, 3.8) is 0 Å². The minimum Gasteiger partial charge on any atom is -0.492 e. The van der Waals surface area contributed by atoms with Crippen LogP contribution in [0.3, 0.4) is 0 Å². The zero-order chi connectivity index (χ0) is 22.9. The predicted octanol–water partition coefficient (Wildman–Crippen LogP) is 3.68. The third-order valence-electron chi connectivity index (χ3n) is 6.95. The maximum atomic E-state index is 9.51. The Labute approximate surface area is 196 Å². The van der Waals surface area contributed by atoms with Gasteiger partial charge < -0.3 is 14.5 Å². The van der Waals surface area contributed by atoms with Crippen molar-refractivity contribution in [1.82, 2.24) is 14.8 Å². The number of benzene rings is 2. The molecule has 3 heterocycles. The van der Waals surface area contributed by atoms with Crippen LogP contribution in [-0.4, -0.2) is 67.2 Å². The third kappa shape index (κ3) is 4.27. The highest BCUT2D eigenvalue weighted by atomic mass is 16.5. The van der Waals surface area contributed by atoms with E-state index in [4.69, 9.17) is 4.74 Å². The van der Waals surface area contributed by atoms with Gasteiger partial charge in [-0.2, -0.15) is 5.26 Å². The van der Waals surface area contributed by atoms with E-state index in [1.165, 1.54) is 16.8 Å². The monoisotopic (exact) mass is 441 g/mol. The lowest BCUT2D eigenvalue weighted by Crippen LogP contribution is -2.59. The molecule has 0 unspecified atom stereocenters. The lowest BCUT2D eigenvalue weighted by atomic mass is 9.90. The van der Waals surface area contributed by atoms with Crippen molar-refractivity contribution >= 4 is 16.6 Å². The van der Waals surface area contributed by atoms with E-state index >= 15 is 0 Å².